The molecule has 2 rings (SSSR count). The molecule has 100 valence electrons. The van der Waals surface area contributed by atoms with Gasteiger partial charge in [-0.15, -0.1) is 0 Å². The third-order valence-corrected chi connectivity index (χ3v) is 3.45. The average molecular weight is 252 g/mol. The molecule has 1 aromatic heterocycles. The van der Waals surface area contributed by atoms with E-state index in [4.69, 9.17) is 9.52 Å². The normalized spacial score (nSPS) is 21.1. The van der Waals surface area contributed by atoms with Gasteiger partial charge >= 0.3 is 5.97 Å². The molecule has 0 radical (unpaired) electrons. The van der Waals surface area contributed by atoms with Gasteiger partial charge in [-0.2, -0.15) is 0 Å². The monoisotopic (exact) mass is 252 g/mol. The Bertz CT molecular complexity index is 403. The molecule has 0 saturated carbocycles. The summed E-state index contributed by atoms with van der Waals surface area (Å²) >= 11 is 0. The molecule has 0 spiro atoms. The van der Waals surface area contributed by atoms with Crippen molar-refractivity contribution in [3.63, 3.8) is 0 Å². The van der Waals surface area contributed by atoms with Crippen LogP contribution in [0.3, 0.4) is 0 Å². The third-order valence-electron chi connectivity index (χ3n) is 3.45. The zero-order valence-electron chi connectivity index (χ0n) is 10.8. The van der Waals surface area contributed by atoms with Crippen molar-refractivity contribution in [1.29, 1.82) is 0 Å². The van der Waals surface area contributed by atoms with E-state index in [0.29, 0.717) is 17.5 Å². The van der Waals surface area contributed by atoms with Gasteiger partial charge in [0.15, 0.2) is 5.89 Å². The minimum atomic E-state index is -0.871. The zero-order valence-corrected chi connectivity index (χ0v) is 10.8. The molecular weight excluding hydrogens is 232 g/mol. The summed E-state index contributed by atoms with van der Waals surface area (Å²) in [7, 11) is 0. The highest BCUT2D eigenvalue weighted by Gasteiger charge is 2.21. The maximum absolute atomic E-state index is 10.6. The van der Waals surface area contributed by atoms with Crippen molar-refractivity contribution < 1.29 is 14.3 Å². The van der Waals surface area contributed by atoms with E-state index in [1.165, 1.54) is 25.6 Å². The Labute approximate surface area is 107 Å². The van der Waals surface area contributed by atoms with Crippen LogP contribution >= 0.6 is 0 Å². The summed E-state index contributed by atoms with van der Waals surface area (Å²) in [4.78, 5) is 17.2. The second kappa shape index (κ2) is 6.00. The molecule has 0 aliphatic carbocycles. The van der Waals surface area contributed by atoms with E-state index in [2.05, 4.69) is 16.8 Å². The third kappa shape index (κ3) is 3.57. The summed E-state index contributed by atoms with van der Waals surface area (Å²) < 4.78 is 5.34. The van der Waals surface area contributed by atoms with E-state index in [9.17, 15) is 4.79 Å². The van der Waals surface area contributed by atoms with E-state index in [0.717, 1.165) is 19.5 Å². The van der Waals surface area contributed by atoms with Gasteiger partial charge in [0.25, 0.3) is 0 Å². The molecule has 1 N–H and O–H groups in total. The molecule has 1 aromatic rings. The first-order valence-electron chi connectivity index (χ1n) is 6.54. The molecule has 5 nitrogen and oxygen atoms in total. The van der Waals surface area contributed by atoms with Gasteiger partial charge in [-0.25, -0.2) is 4.98 Å². The Balaban J connectivity index is 1.88. The average Bonchev–Trinajstić information content (AvgIpc) is 2.76. The Morgan fingerprint density at radius 2 is 2.50 bits per heavy atom. The first-order valence-corrected chi connectivity index (χ1v) is 6.54. The largest absolute Gasteiger partial charge is 0.481 e. The van der Waals surface area contributed by atoms with E-state index in [1.54, 1.807) is 0 Å². The van der Waals surface area contributed by atoms with Crippen molar-refractivity contribution in [2.24, 2.45) is 5.92 Å². The number of aliphatic carboxylic acids is 1. The smallest absolute Gasteiger partial charge is 0.309 e. The number of rotatable bonds is 5. The van der Waals surface area contributed by atoms with Gasteiger partial charge in [0, 0.05) is 13.0 Å². The van der Waals surface area contributed by atoms with Gasteiger partial charge in [-0.1, -0.05) is 6.92 Å². The second-order valence-electron chi connectivity index (χ2n) is 4.91. The lowest BCUT2D eigenvalue weighted by atomic mass is 9.95. The predicted octanol–water partition coefficient (Wildman–Crippen LogP) is 1.58. The van der Waals surface area contributed by atoms with E-state index < -0.39 is 5.97 Å². The summed E-state index contributed by atoms with van der Waals surface area (Å²) in [5, 5.41) is 8.68. The number of aromatic nitrogens is 1. The molecule has 0 aromatic carbocycles. The lowest BCUT2D eigenvalue weighted by Gasteiger charge is -2.31. The zero-order chi connectivity index (χ0) is 13.0. The van der Waals surface area contributed by atoms with Gasteiger partial charge < -0.3 is 14.4 Å². The van der Waals surface area contributed by atoms with Crippen molar-refractivity contribution in [2.45, 2.75) is 32.6 Å². The van der Waals surface area contributed by atoms with Crippen molar-refractivity contribution in [2.75, 3.05) is 19.6 Å². The molecule has 1 saturated heterocycles. The molecule has 1 atom stereocenters. The summed E-state index contributed by atoms with van der Waals surface area (Å²) in [6, 6.07) is 0. The SMILES string of the molecule is CCN1CCCC(Cc2nc(CC(=O)O)co2)C1. The number of oxazole rings is 1. The number of nitrogens with zero attached hydrogens (tertiary/aromatic N) is 2. The highest BCUT2D eigenvalue weighted by molar-refractivity contribution is 5.69. The summed E-state index contributed by atoms with van der Waals surface area (Å²) in [5.41, 5.74) is 0.514. The molecule has 5 heteroatoms. The minimum Gasteiger partial charge on any atom is -0.481 e. The molecular formula is C13H20N2O3. The standard InChI is InChI=1S/C13H20N2O3/c1-2-15-5-3-4-10(8-15)6-12-14-11(9-18-12)7-13(16)17/h9-10H,2-8H2,1H3,(H,16,17). The molecule has 0 bridgehead atoms. The van der Waals surface area contributed by atoms with Gasteiger partial charge in [0.1, 0.15) is 6.26 Å². The number of hydrogen-bond donors (Lipinski definition) is 1. The van der Waals surface area contributed by atoms with Crippen LogP contribution in [0.4, 0.5) is 0 Å². The Morgan fingerprint density at radius 3 is 3.22 bits per heavy atom. The molecule has 18 heavy (non-hydrogen) atoms. The Morgan fingerprint density at radius 1 is 1.67 bits per heavy atom. The van der Waals surface area contributed by atoms with Crippen molar-refractivity contribution in [1.82, 2.24) is 9.88 Å². The van der Waals surface area contributed by atoms with Crippen molar-refractivity contribution in [3.05, 3.63) is 17.8 Å². The first-order chi connectivity index (χ1) is 8.67. The molecule has 1 aliphatic heterocycles. The molecule has 2 heterocycles. The van der Waals surface area contributed by atoms with Gasteiger partial charge in [-0.05, 0) is 31.8 Å². The van der Waals surface area contributed by atoms with Crippen LogP contribution in [-0.4, -0.2) is 40.6 Å². The quantitative estimate of drug-likeness (QED) is 0.861. The van der Waals surface area contributed by atoms with Crippen LogP contribution in [0.5, 0.6) is 0 Å². The molecule has 1 aliphatic rings. The number of likely N-dealkylation sites (tertiary alicyclic amines) is 1. The number of carbonyl (C=O) groups is 1. The van der Waals surface area contributed by atoms with Gasteiger partial charge in [-0.3, -0.25) is 4.79 Å². The summed E-state index contributed by atoms with van der Waals surface area (Å²) in [5.74, 6) is 0.383. The number of piperidine rings is 1. The topological polar surface area (TPSA) is 66.6 Å². The maximum Gasteiger partial charge on any atom is 0.309 e. The summed E-state index contributed by atoms with van der Waals surface area (Å²) in [6.07, 6.45) is 4.64. The van der Waals surface area contributed by atoms with Crippen molar-refractivity contribution in [3.8, 4) is 0 Å². The number of hydrogen-bond acceptors (Lipinski definition) is 4. The highest BCUT2D eigenvalue weighted by Crippen LogP contribution is 2.20. The highest BCUT2D eigenvalue weighted by atomic mass is 16.4. The minimum absolute atomic E-state index is 0.0603. The van der Waals surface area contributed by atoms with Gasteiger partial charge in [0.05, 0.1) is 12.1 Å². The van der Waals surface area contributed by atoms with E-state index in [1.807, 2.05) is 0 Å². The maximum atomic E-state index is 10.6. The Kier molecular flexibility index (Phi) is 4.36. The molecule has 1 unspecified atom stereocenters. The van der Waals surface area contributed by atoms with Crippen LogP contribution in [0.1, 0.15) is 31.4 Å². The lowest BCUT2D eigenvalue weighted by Crippen LogP contribution is -2.35. The molecule has 0 amide bonds. The first kappa shape index (κ1) is 13.1. The van der Waals surface area contributed by atoms with Crippen LogP contribution in [-0.2, 0) is 17.6 Å². The van der Waals surface area contributed by atoms with Crippen LogP contribution < -0.4 is 0 Å². The fraction of sp³-hybridized carbons (Fsp3) is 0.692. The molecule has 1 fully saturated rings. The second-order valence-corrected chi connectivity index (χ2v) is 4.91. The fourth-order valence-electron chi connectivity index (χ4n) is 2.53. The lowest BCUT2D eigenvalue weighted by molar-refractivity contribution is -0.136. The van der Waals surface area contributed by atoms with E-state index in [-0.39, 0.29) is 6.42 Å². The van der Waals surface area contributed by atoms with Crippen molar-refractivity contribution >= 4 is 5.97 Å². The van der Waals surface area contributed by atoms with Crippen LogP contribution in [0, 0.1) is 5.92 Å². The Hall–Kier alpha value is -1.36. The number of carboxylic acids is 1. The van der Waals surface area contributed by atoms with Crippen LogP contribution in [0.2, 0.25) is 0 Å². The predicted molar refractivity (Wildman–Crippen MR) is 66.4 cm³/mol. The summed E-state index contributed by atoms with van der Waals surface area (Å²) in [6.45, 7) is 5.54. The fourth-order valence-corrected chi connectivity index (χ4v) is 2.53. The van der Waals surface area contributed by atoms with Crippen LogP contribution in [0.25, 0.3) is 0 Å². The number of carboxylic acid groups (broad SMARTS) is 1. The van der Waals surface area contributed by atoms with E-state index >= 15 is 0 Å². The van der Waals surface area contributed by atoms with Gasteiger partial charge in [0.2, 0.25) is 0 Å². The van der Waals surface area contributed by atoms with Crippen LogP contribution in [0.15, 0.2) is 10.7 Å².